The molecule has 1 saturated heterocycles. The van der Waals surface area contributed by atoms with E-state index >= 15 is 0 Å². The predicted octanol–water partition coefficient (Wildman–Crippen LogP) is 1.59. The number of nitro groups is 1. The topological polar surface area (TPSA) is 75.9 Å². The van der Waals surface area contributed by atoms with Crippen LogP contribution < -0.4 is 9.64 Å². The van der Waals surface area contributed by atoms with Gasteiger partial charge < -0.3 is 9.64 Å². The minimum atomic E-state index is -0.472. The van der Waals surface area contributed by atoms with Crippen LogP contribution in [0.2, 0.25) is 0 Å². The Kier molecular flexibility index (Phi) is 3.98. The summed E-state index contributed by atoms with van der Waals surface area (Å²) in [5.74, 6) is 0.262. The summed E-state index contributed by atoms with van der Waals surface area (Å²) in [6.45, 7) is 2.87. The van der Waals surface area contributed by atoms with Gasteiger partial charge in [-0.25, -0.2) is 0 Å². The van der Waals surface area contributed by atoms with E-state index in [2.05, 4.69) is 4.90 Å². The minimum Gasteiger partial charge on any atom is -0.490 e. The zero-order chi connectivity index (χ0) is 15.7. The van der Waals surface area contributed by atoms with E-state index in [0.717, 1.165) is 31.5 Å². The quantitative estimate of drug-likeness (QED) is 0.623. The summed E-state index contributed by atoms with van der Waals surface area (Å²) in [4.78, 5) is 27.0. The summed E-state index contributed by atoms with van der Waals surface area (Å²) in [6, 6.07) is 3.14. The second-order valence-electron chi connectivity index (χ2n) is 5.69. The van der Waals surface area contributed by atoms with Crippen molar-refractivity contribution >= 4 is 17.3 Å². The molecule has 3 rings (SSSR count). The highest BCUT2D eigenvalue weighted by molar-refractivity contribution is 5.97. The van der Waals surface area contributed by atoms with Crippen molar-refractivity contribution in [3.05, 3.63) is 27.8 Å². The van der Waals surface area contributed by atoms with Crippen LogP contribution in [0.1, 0.15) is 18.4 Å². The molecule has 0 radical (unpaired) electrons. The number of methoxy groups -OCH3 is 1. The summed E-state index contributed by atoms with van der Waals surface area (Å²) in [7, 11) is 1.42. The Bertz CT molecular complexity index is 611. The van der Waals surface area contributed by atoms with Crippen LogP contribution in [0, 0.1) is 10.1 Å². The molecule has 0 saturated carbocycles. The van der Waals surface area contributed by atoms with Gasteiger partial charge in [-0.3, -0.25) is 19.8 Å². The molecule has 118 valence electrons. The Morgan fingerprint density at radius 1 is 1.32 bits per heavy atom. The summed E-state index contributed by atoms with van der Waals surface area (Å²) >= 11 is 0. The summed E-state index contributed by atoms with van der Waals surface area (Å²) < 4.78 is 5.08. The first-order valence-electron chi connectivity index (χ1n) is 7.48. The molecule has 1 fully saturated rings. The molecular weight excluding hydrogens is 286 g/mol. The van der Waals surface area contributed by atoms with Crippen molar-refractivity contribution in [2.45, 2.75) is 19.3 Å². The smallest absolute Gasteiger partial charge is 0.313 e. The third-order valence-electron chi connectivity index (χ3n) is 4.33. The normalized spacial score (nSPS) is 17.6. The van der Waals surface area contributed by atoms with E-state index < -0.39 is 4.92 Å². The first kappa shape index (κ1) is 14.8. The lowest BCUT2D eigenvalue weighted by Gasteiger charge is -2.21. The number of hydrogen-bond donors (Lipinski definition) is 0. The zero-order valence-electron chi connectivity index (χ0n) is 12.6. The third-order valence-corrected chi connectivity index (χ3v) is 4.33. The monoisotopic (exact) mass is 305 g/mol. The number of carbonyl (C=O) groups excluding carboxylic acids is 1. The molecule has 0 N–H and O–H groups in total. The molecule has 1 amide bonds. The lowest BCUT2D eigenvalue weighted by atomic mass is 10.1. The second-order valence-corrected chi connectivity index (χ2v) is 5.69. The van der Waals surface area contributed by atoms with E-state index in [0.29, 0.717) is 25.2 Å². The van der Waals surface area contributed by atoms with E-state index in [9.17, 15) is 14.9 Å². The van der Waals surface area contributed by atoms with Crippen LogP contribution in [-0.4, -0.2) is 49.0 Å². The summed E-state index contributed by atoms with van der Waals surface area (Å²) in [6.07, 6.45) is 2.97. The fraction of sp³-hybridized carbons (Fsp3) is 0.533. The van der Waals surface area contributed by atoms with Crippen molar-refractivity contribution in [2.75, 3.05) is 38.2 Å². The van der Waals surface area contributed by atoms with E-state index in [1.165, 1.54) is 13.2 Å². The number of hydrogen-bond acceptors (Lipinski definition) is 5. The minimum absolute atomic E-state index is 0.0140. The average molecular weight is 305 g/mol. The zero-order valence-corrected chi connectivity index (χ0v) is 12.6. The fourth-order valence-electron chi connectivity index (χ4n) is 3.19. The van der Waals surface area contributed by atoms with Gasteiger partial charge in [0.15, 0.2) is 5.75 Å². The lowest BCUT2D eigenvalue weighted by Crippen LogP contribution is -2.38. The molecule has 2 heterocycles. The molecule has 2 aliphatic rings. The van der Waals surface area contributed by atoms with E-state index in [4.69, 9.17) is 4.74 Å². The number of rotatable bonds is 4. The van der Waals surface area contributed by atoms with Gasteiger partial charge in [-0.2, -0.15) is 0 Å². The maximum absolute atomic E-state index is 12.5. The van der Waals surface area contributed by atoms with Gasteiger partial charge in [0.1, 0.15) is 0 Å². The van der Waals surface area contributed by atoms with Gasteiger partial charge >= 0.3 is 5.69 Å². The highest BCUT2D eigenvalue weighted by Crippen LogP contribution is 2.38. The van der Waals surface area contributed by atoms with Gasteiger partial charge in [-0.05, 0) is 44.0 Å². The van der Waals surface area contributed by atoms with Crippen molar-refractivity contribution < 1.29 is 14.5 Å². The van der Waals surface area contributed by atoms with Crippen molar-refractivity contribution in [3.63, 3.8) is 0 Å². The Labute approximate surface area is 128 Å². The molecule has 0 aliphatic carbocycles. The van der Waals surface area contributed by atoms with Gasteiger partial charge in [-0.15, -0.1) is 0 Å². The molecule has 1 aromatic rings. The van der Waals surface area contributed by atoms with Crippen LogP contribution in [0.5, 0.6) is 5.75 Å². The summed E-state index contributed by atoms with van der Waals surface area (Å²) in [5, 5.41) is 11.1. The van der Waals surface area contributed by atoms with Gasteiger partial charge in [0.25, 0.3) is 0 Å². The Morgan fingerprint density at radius 2 is 2.05 bits per heavy atom. The van der Waals surface area contributed by atoms with Crippen LogP contribution in [-0.2, 0) is 11.2 Å². The number of fused-ring (bicyclic) bond motifs is 1. The van der Waals surface area contributed by atoms with Crippen LogP contribution in [0.3, 0.4) is 0 Å². The highest BCUT2D eigenvalue weighted by atomic mass is 16.6. The van der Waals surface area contributed by atoms with Crippen molar-refractivity contribution in [3.8, 4) is 5.75 Å². The first-order valence-corrected chi connectivity index (χ1v) is 7.48. The highest BCUT2D eigenvalue weighted by Gasteiger charge is 2.30. The molecule has 7 heteroatoms. The largest absolute Gasteiger partial charge is 0.490 e. The molecule has 0 spiro atoms. The summed E-state index contributed by atoms with van der Waals surface area (Å²) in [5.41, 5.74) is 1.48. The molecular formula is C15H19N3O4. The maximum Gasteiger partial charge on any atom is 0.313 e. The van der Waals surface area contributed by atoms with E-state index in [1.54, 1.807) is 11.0 Å². The molecule has 0 aromatic heterocycles. The predicted molar refractivity (Wildman–Crippen MR) is 81.4 cm³/mol. The average Bonchev–Trinajstić information content (AvgIpc) is 3.14. The van der Waals surface area contributed by atoms with Crippen molar-refractivity contribution in [1.29, 1.82) is 0 Å². The maximum atomic E-state index is 12.5. The molecule has 2 aliphatic heterocycles. The first-order chi connectivity index (χ1) is 10.6. The SMILES string of the molecule is COc1cc2c(cc1[N+](=O)[O-])N(C(=O)CN1CCCC1)CC2. The number of ether oxygens (including phenoxy) is 1. The number of anilines is 1. The Balaban J connectivity index is 1.85. The van der Waals surface area contributed by atoms with Crippen LogP contribution in [0.25, 0.3) is 0 Å². The molecule has 0 atom stereocenters. The molecule has 1 aromatic carbocycles. The second kappa shape index (κ2) is 5.92. The van der Waals surface area contributed by atoms with Crippen LogP contribution in [0.4, 0.5) is 11.4 Å². The third kappa shape index (κ3) is 2.64. The number of amides is 1. The van der Waals surface area contributed by atoms with E-state index in [1.807, 2.05) is 0 Å². The van der Waals surface area contributed by atoms with Gasteiger partial charge in [0.05, 0.1) is 24.3 Å². The number of likely N-dealkylation sites (tertiary alicyclic amines) is 1. The number of benzene rings is 1. The molecule has 0 bridgehead atoms. The van der Waals surface area contributed by atoms with Crippen LogP contribution >= 0.6 is 0 Å². The number of nitrogens with zero attached hydrogens (tertiary/aromatic N) is 3. The van der Waals surface area contributed by atoms with Crippen molar-refractivity contribution in [2.24, 2.45) is 0 Å². The van der Waals surface area contributed by atoms with Gasteiger partial charge in [0.2, 0.25) is 5.91 Å². The van der Waals surface area contributed by atoms with Crippen molar-refractivity contribution in [1.82, 2.24) is 4.90 Å². The standard InChI is InChI=1S/C15H19N3O4/c1-22-14-8-11-4-7-17(12(11)9-13(14)18(20)21)15(19)10-16-5-2-3-6-16/h8-9H,2-7,10H2,1H3. The Hall–Kier alpha value is -2.15. The van der Waals surface area contributed by atoms with Gasteiger partial charge in [0, 0.05) is 12.6 Å². The lowest BCUT2D eigenvalue weighted by molar-refractivity contribution is -0.385. The Morgan fingerprint density at radius 3 is 2.68 bits per heavy atom. The molecule has 22 heavy (non-hydrogen) atoms. The number of carbonyl (C=O) groups is 1. The fourth-order valence-corrected chi connectivity index (χ4v) is 3.19. The van der Waals surface area contributed by atoms with Gasteiger partial charge in [-0.1, -0.05) is 0 Å². The number of nitro benzene ring substituents is 1. The van der Waals surface area contributed by atoms with Crippen LogP contribution in [0.15, 0.2) is 12.1 Å². The molecule has 0 unspecified atom stereocenters. The van der Waals surface area contributed by atoms with E-state index in [-0.39, 0.29) is 17.3 Å². The molecule has 7 nitrogen and oxygen atoms in total.